The number of nitrogens with zero attached hydrogens (tertiary/aromatic N) is 2. The van der Waals surface area contributed by atoms with Crippen LogP contribution in [0.2, 0.25) is 0 Å². The molecule has 2 unspecified atom stereocenters. The van der Waals surface area contributed by atoms with Crippen molar-refractivity contribution in [3.63, 3.8) is 0 Å². The van der Waals surface area contributed by atoms with Gasteiger partial charge in [0.2, 0.25) is 26.3 Å². The predicted octanol–water partition coefficient (Wildman–Crippen LogP) is 3.76. The number of piperazine rings is 1. The van der Waals surface area contributed by atoms with Crippen LogP contribution in [0.5, 0.6) is 34.5 Å². The second kappa shape index (κ2) is 9.89. The molecule has 3 aromatic rings. The number of carbonyl (C=O) groups is 1. The number of benzene rings is 3. The van der Waals surface area contributed by atoms with Crippen LogP contribution in [0.4, 0.5) is 0 Å². The molecule has 2 atom stereocenters. The summed E-state index contributed by atoms with van der Waals surface area (Å²) in [6.45, 7) is 4.65. The molecule has 9 heteroatoms. The summed E-state index contributed by atoms with van der Waals surface area (Å²) >= 11 is 0. The van der Waals surface area contributed by atoms with E-state index >= 15 is 0 Å². The molecule has 7 rings (SSSR count). The van der Waals surface area contributed by atoms with E-state index in [4.69, 9.17) is 28.4 Å². The standard InChI is InChI=1S/C30H30N2O7/c1-19(33)32-23(8-20-2-5-25-28(10-20)37-16-34-25)14-31(13-22-4-7-27-30(12-22)39-18-36-27)15-24(32)9-21-3-6-26-29(11-21)38-17-35-26/h2-7,10-12,23-24H,8-9,13-18H2,1H3. The van der Waals surface area contributed by atoms with E-state index in [1.54, 1.807) is 6.92 Å². The minimum absolute atomic E-state index is 0.00959. The molecular weight excluding hydrogens is 500 g/mol. The highest BCUT2D eigenvalue weighted by Crippen LogP contribution is 2.36. The van der Waals surface area contributed by atoms with Gasteiger partial charge in [-0.25, -0.2) is 0 Å². The Labute approximate surface area is 226 Å². The first-order valence-corrected chi connectivity index (χ1v) is 13.3. The van der Waals surface area contributed by atoms with Gasteiger partial charge in [-0.15, -0.1) is 0 Å². The van der Waals surface area contributed by atoms with Gasteiger partial charge in [0.25, 0.3) is 0 Å². The van der Waals surface area contributed by atoms with Gasteiger partial charge in [-0.2, -0.15) is 0 Å². The van der Waals surface area contributed by atoms with Crippen molar-refractivity contribution < 1.29 is 33.2 Å². The van der Waals surface area contributed by atoms with Crippen molar-refractivity contribution in [3.8, 4) is 34.5 Å². The van der Waals surface area contributed by atoms with Crippen LogP contribution in [0.1, 0.15) is 23.6 Å². The van der Waals surface area contributed by atoms with Crippen LogP contribution in [0.3, 0.4) is 0 Å². The quantitative estimate of drug-likeness (QED) is 0.477. The molecule has 0 bridgehead atoms. The van der Waals surface area contributed by atoms with Gasteiger partial charge in [-0.05, 0) is 65.9 Å². The van der Waals surface area contributed by atoms with Crippen LogP contribution in [-0.4, -0.2) is 61.3 Å². The highest BCUT2D eigenvalue weighted by molar-refractivity contribution is 5.74. The van der Waals surface area contributed by atoms with E-state index in [2.05, 4.69) is 34.1 Å². The number of carbonyl (C=O) groups excluding carboxylic acids is 1. The fourth-order valence-electron chi connectivity index (χ4n) is 6.09. The van der Waals surface area contributed by atoms with Crippen LogP contribution in [0.25, 0.3) is 0 Å². The molecule has 0 aromatic heterocycles. The van der Waals surface area contributed by atoms with Crippen molar-refractivity contribution in [2.24, 2.45) is 0 Å². The fourth-order valence-corrected chi connectivity index (χ4v) is 6.09. The molecule has 39 heavy (non-hydrogen) atoms. The lowest BCUT2D eigenvalue weighted by molar-refractivity contribution is -0.138. The van der Waals surface area contributed by atoms with Gasteiger partial charge in [0, 0.05) is 38.6 Å². The summed E-state index contributed by atoms with van der Waals surface area (Å²) in [5, 5.41) is 0. The Morgan fingerprint density at radius 1 is 0.641 bits per heavy atom. The zero-order chi connectivity index (χ0) is 26.3. The van der Waals surface area contributed by atoms with Crippen LogP contribution < -0.4 is 28.4 Å². The van der Waals surface area contributed by atoms with Crippen molar-refractivity contribution in [1.29, 1.82) is 0 Å². The van der Waals surface area contributed by atoms with Gasteiger partial charge in [0.15, 0.2) is 34.5 Å². The number of hydrogen-bond acceptors (Lipinski definition) is 8. The first-order valence-electron chi connectivity index (χ1n) is 13.3. The zero-order valence-corrected chi connectivity index (χ0v) is 21.8. The molecule has 0 radical (unpaired) electrons. The SMILES string of the molecule is CC(=O)N1C(Cc2ccc3c(c2)OCO3)CN(Cc2ccc3c(c2)OCO3)CC1Cc1ccc2c(c1)OCO2. The lowest BCUT2D eigenvalue weighted by Gasteiger charge is -2.47. The predicted molar refractivity (Wildman–Crippen MR) is 140 cm³/mol. The second-order valence-electron chi connectivity index (χ2n) is 10.4. The van der Waals surface area contributed by atoms with E-state index in [9.17, 15) is 4.79 Å². The first-order chi connectivity index (χ1) is 19.1. The molecular formula is C30H30N2O7. The molecule has 1 fully saturated rings. The molecule has 0 saturated carbocycles. The molecule has 1 saturated heterocycles. The molecule has 0 aliphatic carbocycles. The molecule has 9 nitrogen and oxygen atoms in total. The average molecular weight is 531 g/mol. The minimum atomic E-state index is -0.00959. The van der Waals surface area contributed by atoms with E-state index < -0.39 is 0 Å². The number of hydrogen-bond donors (Lipinski definition) is 0. The Morgan fingerprint density at radius 2 is 1.05 bits per heavy atom. The smallest absolute Gasteiger partial charge is 0.231 e. The van der Waals surface area contributed by atoms with Crippen molar-refractivity contribution in [3.05, 3.63) is 71.3 Å². The largest absolute Gasteiger partial charge is 0.454 e. The minimum Gasteiger partial charge on any atom is -0.454 e. The van der Waals surface area contributed by atoms with E-state index in [1.807, 2.05) is 30.3 Å². The van der Waals surface area contributed by atoms with E-state index in [0.29, 0.717) is 12.8 Å². The van der Waals surface area contributed by atoms with Gasteiger partial charge in [0.05, 0.1) is 0 Å². The molecule has 4 aliphatic heterocycles. The topological polar surface area (TPSA) is 78.9 Å². The van der Waals surface area contributed by atoms with Crippen LogP contribution >= 0.6 is 0 Å². The van der Waals surface area contributed by atoms with Crippen molar-refractivity contribution >= 4 is 5.91 Å². The number of fused-ring (bicyclic) bond motifs is 3. The molecule has 0 spiro atoms. The second-order valence-corrected chi connectivity index (χ2v) is 10.4. The normalized spacial score (nSPS) is 20.9. The summed E-state index contributed by atoms with van der Waals surface area (Å²) in [6, 6.07) is 18.2. The van der Waals surface area contributed by atoms with Crippen LogP contribution in [0.15, 0.2) is 54.6 Å². The lowest BCUT2D eigenvalue weighted by atomic mass is 9.94. The summed E-state index contributed by atoms with van der Waals surface area (Å²) < 4.78 is 33.3. The van der Waals surface area contributed by atoms with E-state index in [-0.39, 0.29) is 38.4 Å². The molecule has 202 valence electrons. The Kier molecular flexibility index (Phi) is 6.08. The van der Waals surface area contributed by atoms with Gasteiger partial charge in [0.1, 0.15) is 0 Å². The number of rotatable bonds is 6. The Morgan fingerprint density at radius 3 is 1.51 bits per heavy atom. The van der Waals surface area contributed by atoms with Gasteiger partial charge < -0.3 is 33.3 Å². The molecule has 0 N–H and O–H groups in total. The Bertz CT molecular complexity index is 1340. The summed E-state index contributed by atoms with van der Waals surface area (Å²) in [6.07, 6.45) is 1.43. The highest BCUT2D eigenvalue weighted by atomic mass is 16.7. The average Bonchev–Trinajstić information content (AvgIpc) is 3.68. The molecule has 4 aliphatic rings. The highest BCUT2D eigenvalue weighted by Gasteiger charge is 2.37. The third-order valence-corrected chi connectivity index (χ3v) is 7.75. The summed E-state index contributed by atoms with van der Waals surface area (Å²) in [5.41, 5.74) is 3.38. The number of amides is 1. The van der Waals surface area contributed by atoms with Crippen molar-refractivity contribution in [2.45, 2.75) is 38.4 Å². The van der Waals surface area contributed by atoms with Gasteiger partial charge >= 0.3 is 0 Å². The third kappa shape index (κ3) is 4.78. The van der Waals surface area contributed by atoms with Gasteiger partial charge in [-0.3, -0.25) is 9.69 Å². The van der Waals surface area contributed by atoms with Crippen molar-refractivity contribution in [2.75, 3.05) is 33.5 Å². The summed E-state index contributed by atoms with van der Waals surface area (Å²) in [7, 11) is 0. The zero-order valence-electron chi connectivity index (χ0n) is 21.8. The fraction of sp³-hybridized carbons (Fsp3) is 0.367. The Hall–Kier alpha value is -4.11. The van der Waals surface area contributed by atoms with Crippen LogP contribution in [-0.2, 0) is 24.2 Å². The van der Waals surface area contributed by atoms with Crippen molar-refractivity contribution in [1.82, 2.24) is 9.80 Å². The Balaban J connectivity index is 1.17. The molecule has 1 amide bonds. The number of ether oxygens (including phenoxy) is 6. The summed E-state index contributed by atoms with van der Waals surface area (Å²) in [5.74, 6) is 4.67. The van der Waals surface area contributed by atoms with E-state index in [0.717, 1.165) is 70.8 Å². The maximum atomic E-state index is 13.2. The summed E-state index contributed by atoms with van der Waals surface area (Å²) in [4.78, 5) is 17.7. The maximum Gasteiger partial charge on any atom is 0.231 e. The van der Waals surface area contributed by atoms with Crippen LogP contribution in [0, 0.1) is 0 Å². The van der Waals surface area contributed by atoms with Gasteiger partial charge in [-0.1, -0.05) is 18.2 Å². The maximum absolute atomic E-state index is 13.2. The lowest BCUT2D eigenvalue weighted by Crippen LogP contribution is -2.61. The monoisotopic (exact) mass is 530 g/mol. The van der Waals surface area contributed by atoms with E-state index in [1.165, 1.54) is 0 Å². The first kappa shape index (κ1) is 24.0. The third-order valence-electron chi connectivity index (χ3n) is 7.75. The molecule has 3 aromatic carbocycles. The molecule has 4 heterocycles.